The molecule has 0 aliphatic rings. The quantitative estimate of drug-likeness (QED) is 0.857. The van der Waals surface area contributed by atoms with Crippen LogP contribution in [0.5, 0.6) is 0 Å². The van der Waals surface area contributed by atoms with Gasteiger partial charge in [-0.15, -0.1) is 0 Å². The normalized spacial score (nSPS) is 10.6. The molecule has 1 N–H and O–H groups in total. The molecule has 19 heavy (non-hydrogen) atoms. The summed E-state index contributed by atoms with van der Waals surface area (Å²) in [5.74, 6) is -0.666. The Morgan fingerprint density at radius 2 is 2.16 bits per heavy atom. The van der Waals surface area contributed by atoms with Crippen molar-refractivity contribution in [3.63, 3.8) is 0 Å². The van der Waals surface area contributed by atoms with Gasteiger partial charge in [0.25, 0.3) is 0 Å². The van der Waals surface area contributed by atoms with Crippen molar-refractivity contribution >= 4 is 17.7 Å². The molecule has 0 saturated heterocycles. The largest absolute Gasteiger partial charge is 0.322 e. The number of carbonyl (C=O) groups excluding carboxylic acids is 1. The smallest absolute Gasteiger partial charge is 0.248 e. The third-order valence-electron chi connectivity index (χ3n) is 2.53. The van der Waals surface area contributed by atoms with Crippen LogP contribution in [-0.4, -0.2) is 10.9 Å². The first kappa shape index (κ1) is 13.0. The van der Waals surface area contributed by atoms with Gasteiger partial charge in [0.1, 0.15) is 5.82 Å². The molecule has 0 bridgehead atoms. The second-order valence-electron chi connectivity index (χ2n) is 4.04. The highest BCUT2D eigenvalue weighted by molar-refractivity contribution is 6.01. The number of nitrogens with zero attached hydrogens (tertiary/aromatic N) is 1. The van der Waals surface area contributed by atoms with E-state index in [0.29, 0.717) is 16.9 Å². The van der Waals surface area contributed by atoms with Gasteiger partial charge < -0.3 is 5.32 Å². The first-order chi connectivity index (χ1) is 9.15. The van der Waals surface area contributed by atoms with Crippen molar-refractivity contribution < 1.29 is 9.18 Å². The van der Waals surface area contributed by atoms with Gasteiger partial charge in [-0.25, -0.2) is 4.39 Å². The van der Waals surface area contributed by atoms with Gasteiger partial charge in [-0.1, -0.05) is 12.1 Å². The van der Waals surface area contributed by atoms with Crippen LogP contribution in [0.1, 0.15) is 11.3 Å². The molecular formula is C15H13FN2O. The van der Waals surface area contributed by atoms with Crippen molar-refractivity contribution in [3.8, 4) is 0 Å². The SMILES string of the molecule is Cc1ccc(NC(=O)/C=C/c2ccccn2)cc1F. The maximum Gasteiger partial charge on any atom is 0.248 e. The lowest BCUT2D eigenvalue weighted by Crippen LogP contribution is -2.08. The second kappa shape index (κ2) is 5.91. The standard InChI is InChI=1S/C15H13FN2O/c1-11-5-6-13(10-14(11)16)18-15(19)8-7-12-4-2-3-9-17-12/h2-10H,1H3,(H,18,19)/b8-7+. The van der Waals surface area contributed by atoms with Crippen LogP contribution in [0.25, 0.3) is 6.08 Å². The van der Waals surface area contributed by atoms with Gasteiger partial charge in [-0.3, -0.25) is 9.78 Å². The number of anilines is 1. The molecule has 4 heteroatoms. The Balaban J connectivity index is 2.01. The summed E-state index contributed by atoms with van der Waals surface area (Å²) in [5.41, 5.74) is 1.66. The molecule has 1 aromatic carbocycles. The number of pyridine rings is 1. The topological polar surface area (TPSA) is 42.0 Å². The average Bonchev–Trinajstić information content (AvgIpc) is 2.42. The van der Waals surface area contributed by atoms with E-state index >= 15 is 0 Å². The maximum atomic E-state index is 13.3. The Hall–Kier alpha value is -2.49. The fourth-order valence-corrected chi connectivity index (χ4v) is 1.49. The third-order valence-corrected chi connectivity index (χ3v) is 2.53. The summed E-state index contributed by atoms with van der Waals surface area (Å²) in [6, 6.07) is 9.99. The van der Waals surface area contributed by atoms with Gasteiger partial charge in [0, 0.05) is 18.0 Å². The Kier molecular flexibility index (Phi) is 4.03. The zero-order chi connectivity index (χ0) is 13.7. The lowest BCUT2D eigenvalue weighted by Gasteiger charge is -2.03. The zero-order valence-corrected chi connectivity index (χ0v) is 10.4. The minimum atomic E-state index is -0.341. The summed E-state index contributed by atoms with van der Waals surface area (Å²) in [6.45, 7) is 1.67. The summed E-state index contributed by atoms with van der Waals surface area (Å²) in [6.07, 6.45) is 4.60. The van der Waals surface area contributed by atoms with Crippen molar-refractivity contribution in [2.45, 2.75) is 6.92 Å². The maximum absolute atomic E-state index is 13.3. The van der Waals surface area contributed by atoms with E-state index in [2.05, 4.69) is 10.3 Å². The predicted molar refractivity (Wildman–Crippen MR) is 73.0 cm³/mol. The number of aryl methyl sites for hydroxylation is 1. The van der Waals surface area contributed by atoms with Crippen molar-refractivity contribution in [2.24, 2.45) is 0 Å². The molecular weight excluding hydrogens is 243 g/mol. The lowest BCUT2D eigenvalue weighted by molar-refractivity contribution is -0.111. The molecule has 0 spiro atoms. The summed E-state index contributed by atoms with van der Waals surface area (Å²) in [4.78, 5) is 15.7. The number of benzene rings is 1. The van der Waals surface area contributed by atoms with Gasteiger partial charge in [0.15, 0.2) is 0 Å². The molecule has 1 amide bonds. The Morgan fingerprint density at radius 1 is 1.32 bits per heavy atom. The minimum absolute atomic E-state index is 0.325. The molecule has 1 aromatic heterocycles. The first-order valence-corrected chi connectivity index (χ1v) is 5.81. The number of halogens is 1. The molecule has 2 rings (SSSR count). The van der Waals surface area contributed by atoms with E-state index in [1.54, 1.807) is 43.5 Å². The molecule has 2 aromatic rings. The highest BCUT2D eigenvalue weighted by Crippen LogP contribution is 2.13. The van der Waals surface area contributed by atoms with Crippen LogP contribution >= 0.6 is 0 Å². The van der Waals surface area contributed by atoms with Gasteiger partial charge >= 0.3 is 0 Å². The van der Waals surface area contributed by atoms with E-state index in [9.17, 15) is 9.18 Å². The summed E-state index contributed by atoms with van der Waals surface area (Å²) in [7, 11) is 0. The number of rotatable bonds is 3. The molecule has 0 atom stereocenters. The van der Waals surface area contributed by atoms with Crippen LogP contribution in [-0.2, 0) is 4.79 Å². The summed E-state index contributed by atoms with van der Waals surface area (Å²) in [5, 5.41) is 2.59. The number of nitrogens with one attached hydrogen (secondary N) is 1. The Bertz CT molecular complexity index is 609. The highest BCUT2D eigenvalue weighted by atomic mass is 19.1. The fraction of sp³-hybridized carbons (Fsp3) is 0.0667. The number of aromatic nitrogens is 1. The monoisotopic (exact) mass is 256 g/mol. The molecule has 1 heterocycles. The van der Waals surface area contributed by atoms with E-state index < -0.39 is 0 Å². The van der Waals surface area contributed by atoms with Crippen LogP contribution in [0.4, 0.5) is 10.1 Å². The molecule has 0 unspecified atom stereocenters. The predicted octanol–water partition coefficient (Wildman–Crippen LogP) is 3.18. The fourth-order valence-electron chi connectivity index (χ4n) is 1.49. The molecule has 0 aliphatic heterocycles. The third kappa shape index (κ3) is 3.74. The minimum Gasteiger partial charge on any atom is -0.322 e. The molecule has 0 radical (unpaired) electrons. The van der Waals surface area contributed by atoms with Gasteiger partial charge in [-0.2, -0.15) is 0 Å². The molecule has 0 aliphatic carbocycles. The highest BCUT2D eigenvalue weighted by Gasteiger charge is 2.01. The number of hydrogen-bond donors (Lipinski definition) is 1. The van der Waals surface area contributed by atoms with Gasteiger partial charge in [0.2, 0.25) is 5.91 Å². The van der Waals surface area contributed by atoms with E-state index in [-0.39, 0.29) is 11.7 Å². The van der Waals surface area contributed by atoms with Crippen LogP contribution in [0.3, 0.4) is 0 Å². The molecule has 96 valence electrons. The Labute approximate surface area is 110 Å². The summed E-state index contributed by atoms with van der Waals surface area (Å²) >= 11 is 0. The average molecular weight is 256 g/mol. The van der Waals surface area contributed by atoms with Gasteiger partial charge in [0.05, 0.1) is 5.69 Å². The number of amides is 1. The lowest BCUT2D eigenvalue weighted by atomic mass is 10.2. The number of hydrogen-bond acceptors (Lipinski definition) is 2. The summed E-state index contributed by atoms with van der Waals surface area (Å²) < 4.78 is 13.3. The zero-order valence-electron chi connectivity index (χ0n) is 10.4. The van der Waals surface area contributed by atoms with Crippen LogP contribution in [0.15, 0.2) is 48.7 Å². The second-order valence-corrected chi connectivity index (χ2v) is 4.04. The van der Waals surface area contributed by atoms with Crippen LogP contribution in [0.2, 0.25) is 0 Å². The van der Waals surface area contributed by atoms with Crippen LogP contribution in [0, 0.1) is 12.7 Å². The first-order valence-electron chi connectivity index (χ1n) is 5.81. The molecule has 0 saturated carbocycles. The van der Waals surface area contributed by atoms with E-state index in [1.807, 2.05) is 6.07 Å². The molecule has 3 nitrogen and oxygen atoms in total. The van der Waals surface area contributed by atoms with E-state index in [4.69, 9.17) is 0 Å². The van der Waals surface area contributed by atoms with Crippen molar-refractivity contribution in [2.75, 3.05) is 5.32 Å². The van der Waals surface area contributed by atoms with Crippen molar-refractivity contribution in [1.82, 2.24) is 4.98 Å². The van der Waals surface area contributed by atoms with Crippen molar-refractivity contribution in [1.29, 1.82) is 0 Å². The van der Waals surface area contributed by atoms with E-state index in [0.717, 1.165) is 0 Å². The Morgan fingerprint density at radius 3 is 2.84 bits per heavy atom. The number of carbonyl (C=O) groups is 1. The van der Waals surface area contributed by atoms with Crippen molar-refractivity contribution in [3.05, 3.63) is 65.7 Å². The van der Waals surface area contributed by atoms with Gasteiger partial charge in [-0.05, 0) is 42.8 Å². The molecule has 0 fully saturated rings. The van der Waals surface area contributed by atoms with Crippen LogP contribution < -0.4 is 5.32 Å². The van der Waals surface area contributed by atoms with E-state index in [1.165, 1.54) is 12.1 Å².